The number of aryl methyl sites for hydroxylation is 3. The van der Waals surface area contributed by atoms with E-state index in [0.29, 0.717) is 13.0 Å². The predicted molar refractivity (Wildman–Crippen MR) is 68.1 cm³/mol. The molecule has 2 aromatic rings. The number of halogens is 1. The summed E-state index contributed by atoms with van der Waals surface area (Å²) in [4.78, 5) is 15.7. The molecule has 16 heavy (non-hydrogen) atoms. The van der Waals surface area contributed by atoms with Crippen LogP contribution in [0.4, 0.5) is 0 Å². The molecule has 0 atom stereocenters. The molecule has 0 saturated carbocycles. The van der Waals surface area contributed by atoms with E-state index in [-0.39, 0.29) is 5.56 Å². The lowest BCUT2D eigenvalue weighted by Crippen LogP contribution is -2.23. The van der Waals surface area contributed by atoms with Crippen molar-refractivity contribution in [3.63, 3.8) is 0 Å². The normalized spacial score (nSPS) is 10.6. The molecule has 0 aliphatic heterocycles. The van der Waals surface area contributed by atoms with Crippen LogP contribution in [0.25, 0.3) is 0 Å². The molecule has 0 amide bonds. The molecule has 6 heteroatoms. The topological polar surface area (TPSA) is 52.7 Å². The minimum absolute atomic E-state index is 0.0684. The Labute approximate surface area is 106 Å². The van der Waals surface area contributed by atoms with Crippen LogP contribution in [0, 0.1) is 3.57 Å². The van der Waals surface area contributed by atoms with Crippen molar-refractivity contribution in [1.82, 2.24) is 19.3 Å². The fraction of sp³-hybridized carbons (Fsp3) is 0.300. The molecule has 0 aliphatic carbocycles. The summed E-state index contributed by atoms with van der Waals surface area (Å²) < 4.78 is 4.25. The van der Waals surface area contributed by atoms with Gasteiger partial charge in [-0.1, -0.05) is 0 Å². The van der Waals surface area contributed by atoms with E-state index in [4.69, 9.17) is 0 Å². The first-order valence-electron chi connectivity index (χ1n) is 4.85. The van der Waals surface area contributed by atoms with Crippen LogP contribution in [0.5, 0.6) is 0 Å². The molecule has 2 aromatic heterocycles. The summed E-state index contributed by atoms with van der Waals surface area (Å²) in [7, 11) is 1.94. The van der Waals surface area contributed by atoms with Crippen LogP contribution in [-0.2, 0) is 20.0 Å². The van der Waals surface area contributed by atoms with Crippen molar-refractivity contribution in [2.45, 2.75) is 13.0 Å². The maximum Gasteiger partial charge on any atom is 0.267 e. The SMILES string of the molecule is Cn1ccnc1CCn1ncc(I)cc1=O. The van der Waals surface area contributed by atoms with Gasteiger partial charge in [0.15, 0.2) is 0 Å². The fourth-order valence-corrected chi connectivity index (χ4v) is 1.81. The van der Waals surface area contributed by atoms with E-state index in [9.17, 15) is 4.79 Å². The van der Waals surface area contributed by atoms with Crippen LogP contribution in [-0.4, -0.2) is 19.3 Å². The second-order valence-electron chi connectivity index (χ2n) is 3.44. The van der Waals surface area contributed by atoms with Gasteiger partial charge in [0.05, 0.1) is 12.7 Å². The van der Waals surface area contributed by atoms with Gasteiger partial charge in [-0.2, -0.15) is 5.10 Å². The van der Waals surface area contributed by atoms with E-state index in [1.165, 1.54) is 4.68 Å². The molecule has 0 bridgehead atoms. The highest BCUT2D eigenvalue weighted by molar-refractivity contribution is 14.1. The smallest absolute Gasteiger partial charge is 0.267 e. The van der Waals surface area contributed by atoms with Crippen molar-refractivity contribution < 1.29 is 0 Å². The van der Waals surface area contributed by atoms with Gasteiger partial charge in [-0.3, -0.25) is 4.79 Å². The number of aromatic nitrogens is 4. The first-order chi connectivity index (χ1) is 7.66. The van der Waals surface area contributed by atoms with Gasteiger partial charge in [0.2, 0.25) is 0 Å². The zero-order valence-electron chi connectivity index (χ0n) is 8.80. The molecule has 84 valence electrons. The molecule has 0 unspecified atom stereocenters. The largest absolute Gasteiger partial charge is 0.338 e. The predicted octanol–water partition coefficient (Wildman–Crippen LogP) is 0.824. The minimum Gasteiger partial charge on any atom is -0.338 e. The Kier molecular flexibility index (Phi) is 3.37. The standard InChI is InChI=1S/C10H11IN4O/c1-14-5-3-12-9(14)2-4-15-10(16)6-8(11)7-13-15/h3,5-7H,2,4H2,1H3. The zero-order chi connectivity index (χ0) is 11.5. The van der Waals surface area contributed by atoms with Crippen LogP contribution in [0.3, 0.4) is 0 Å². The molecular formula is C10H11IN4O. The fourth-order valence-electron chi connectivity index (χ4n) is 1.42. The summed E-state index contributed by atoms with van der Waals surface area (Å²) >= 11 is 2.07. The lowest BCUT2D eigenvalue weighted by molar-refractivity contribution is 0.557. The second-order valence-corrected chi connectivity index (χ2v) is 4.69. The van der Waals surface area contributed by atoms with Gasteiger partial charge in [0.25, 0.3) is 5.56 Å². The quantitative estimate of drug-likeness (QED) is 0.783. The molecule has 2 heterocycles. The third-order valence-corrected chi connectivity index (χ3v) is 2.89. The van der Waals surface area contributed by atoms with Crippen molar-refractivity contribution in [1.29, 1.82) is 0 Å². The number of hydrogen-bond donors (Lipinski definition) is 0. The van der Waals surface area contributed by atoms with Crippen molar-refractivity contribution in [3.8, 4) is 0 Å². The van der Waals surface area contributed by atoms with E-state index < -0.39 is 0 Å². The average Bonchev–Trinajstić information content (AvgIpc) is 2.63. The Balaban J connectivity index is 2.11. The zero-order valence-corrected chi connectivity index (χ0v) is 11.0. The Bertz CT molecular complexity index is 546. The molecular weight excluding hydrogens is 319 g/mol. The molecule has 5 nitrogen and oxygen atoms in total. The van der Waals surface area contributed by atoms with Crippen LogP contribution in [0.2, 0.25) is 0 Å². The first-order valence-corrected chi connectivity index (χ1v) is 5.93. The summed E-state index contributed by atoms with van der Waals surface area (Å²) in [5.41, 5.74) is -0.0684. The van der Waals surface area contributed by atoms with Gasteiger partial charge in [-0.25, -0.2) is 9.67 Å². The molecule has 0 spiro atoms. The van der Waals surface area contributed by atoms with Crippen LogP contribution < -0.4 is 5.56 Å². The molecule has 2 rings (SSSR count). The Morgan fingerprint density at radius 3 is 2.94 bits per heavy atom. The third-order valence-electron chi connectivity index (χ3n) is 2.30. The van der Waals surface area contributed by atoms with Gasteiger partial charge in [-0.15, -0.1) is 0 Å². The highest BCUT2D eigenvalue weighted by Crippen LogP contribution is 1.98. The maximum absolute atomic E-state index is 11.6. The summed E-state index contributed by atoms with van der Waals surface area (Å²) in [6.07, 6.45) is 6.02. The van der Waals surface area contributed by atoms with Crippen LogP contribution >= 0.6 is 22.6 Å². The first kappa shape index (κ1) is 11.3. The monoisotopic (exact) mass is 330 g/mol. The van der Waals surface area contributed by atoms with Crippen molar-refractivity contribution >= 4 is 22.6 Å². The molecule has 0 fully saturated rings. The van der Waals surface area contributed by atoms with Crippen LogP contribution in [0.1, 0.15) is 5.82 Å². The Morgan fingerprint density at radius 2 is 2.31 bits per heavy atom. The van der Waals surface area contributed by atoms with E-state index in [1.54, 1.807) is 18.5 Å². The highest BCUT2D eigenvalue weighted by atomic mass is 127. The van der Waals surface area contributed by atoms with E-state index in [2.05, 4.69) is 32.7 Å². The summed E-state index contributed by atoms with van der Waals surface area (Å²) in [6.45, 7) is 0.556. The summed E-state index contributed by atoms with van der Waals surface area (Å²) in [6, 6.07) is 1.58. The average molecular weight is 330 g/mol. The van der Waals surface area contributed by atoms with Crippen molar-refractivity contribution in [2.75, 3.05) is 0 Å². The van der Waals surface area contributed by atoms with Crippen LogP contribution in [0.15, 0.2) is 29.5 Å². The number of hydrogen-bond acceptors (Lipinski definition) is 3. The van der Waals surface area contributed by atoms with Gasteiger partial charge in [-0.05, 0) is 22.6 Å². The van der Waals surface area contributed by atoms with E-state index in [0.717, 1.165) is 9.39 Å². The van der Waals surface area contributed by atoms with Gasteiger partial charge < -0.3 is 4.57 Å². The highest BCUT2D eigenvalue weighted by Gasteiger charge is 2.02. The summed E-state index contributed by atoms with van der Waals surface area (Å²) in [5, 5.41) is 4.07. The number of nitrogens with zero attached hydrogens (tertiary/aromatic N) is 4. The minimum atomic E-state index is -0.0684. The lowest BCUT2D eigenvalue weighted by atomic mass is 10.4. The molecule has 0 aliphatic rings. The summed E-state index contributed by atoms with van der Waals surface area (Å²) in [5.74, 6) is 0.951. The third kappa shape index (κ3) is 2.49. The Hall–Kier alpha value is -1.18. The lowest BCUT2D eigenvalue weighted by Gasteiger charge is -2.04. The van der Waals surface area contributed by atoms with E-state index in [1.807, 2.05) is 17.8 Å². The number of rotatable bonds is 3. The molecule has 0 N–H and O–H groups in total. The Morgan fingerprint density at radius 1 is 1.50 bits per heavy atom. The van der Waals surface area contributed by atoms with Gasteiger partial charge in [0, 0.05) is 35.5 Å². The maximum atomic E-state index is 11.6. The van der Waals surface area contributed by atoms with Crippen molar-refractivity contribution in [2.24, 2.45) is 7.05 Å². The number of imidazole rings is 1. The van der Waals surface area contributed by atoms with E-state index >= 15 is 0 Å². The molecule has 0 saturated heterocycles. The second kappa shape index (κ2) is 4.77. The van der Waals surface area contributed by atoms with Gasteiger partial charge in [0.1, 0.15) is 5.82 Å². The van der Waals surface area contributed by atoms with Gasteiger partial charge >= 0.3 is 0 Å². The molecule has 0 radical (unpaired) electrons. The van der Waals surface area contributed by atoms with Crippen molar-refractivity contribution in [3.05, 3.63) is 44.4 Å². The molecule has 0 aromatic carbocycles.